The van der Waals surface area contributed by atoms with E-state index >= 15 is 0 Å². The number of aryl methyl sites for hydroxylation is 2. The minimum atomic E-state index is -0.0834. The van der Waals surface area contributed by atoms with E-state index in [-0.39, 0.29) is 11.8 Å². The SMILES string of the molecule is Cc1cnc(-n2cc(C(=O)NCC34CC5CC(CC(C5)C3)C4)c(C)n2)nc1C(=O)N1CCCC1. The first-order chi connectivity index (χ1) is 16.4. The van der Waals surface area contributed by atoms with Gasteiger partial charge in [0.15, 0.2) is 0 Å². The fraction of sp³-hybridized carbons (Fsp3) is 0.654. The molecule has 8 heteroatoms. The predicted molar refractivity (Wildman–Crippen MR) is 127 cm³/mol. The molecule has 4 aliphatic carbocycles. The molecule has 1 aliphatic heterocycles. The van der Waals surface area contributed by atoms with Crippen molar-refractivity contribution in [2.75, 3.05) is 19.6 Å². The Balaban J connectivity index is 1.18. The Morgan fingerprint density at radius 3 is 2.35 bits per heavy atom. The normalized spacial score (nSPS) is 29.6. The molecule has 0 spiro atoms. The summed E-state index contributed by atoms with van der Waals surface area (Å²) in [5, 5.41) is 7.75. The average molecular weight is 463 g/mol. The molecule has 4 saturated carbocycles. The quantitative estimate of drug-likeness (QED) is 0.735. The van der Waals surface area contributed by atoms with Gasteiger partial charge in [-0.1, -0.05) is 0 Å². The maximum Gasteiger partial charge on any atom is 0.272 e. The van der Waals surface area contributed by atoms with E-state index in [0.29, 0.717) is 28.3 Å². The Bertz CT molecular complexity index is 1100. The molecule has 0 atom stereocenters. The summed E-state index contributed by atoms with van der Waals surface area (Å²) in [6, 6.07) is 0. The third-order valence-corrected chi connectivity index (χ3v) is 8.69. The second kappa shape index (κ2) is 8.17. The molecule has 34 heavy (non-hydrogen) atoms. The molecule has 7 rings (SSSR count). The molecule has 4 bridgehead atoms. The Hall–Kier alpha value is -2.77. The molecule has 2 aromatic rings. The predicted octanol–water partition coefficient (Wildman–Crippen LogP) is 3.46. The molecule has 8 nitrogen and oxygen atoms in total. The van der Waals surface area contributed by atoms with Gasteiger partial charge in [-0.2, -0.15) is 5.10 Å². The monoisotopic (exact) mass is 462 g/mol. The first kappa shape index (κ1) is 21.7. The van der Waals surface area contributed by atoms with Gasteiger partial charge in [-0.05, 0) is 93.9 Å². The van der Waals surface area contributed by atoms with Crippen molar-refractivity contribution in [2.24, 2.45) is 23.2 Å². The van der Waals surface area contributed by atoms with Crippen LogP contribution in [0.2, 0.25) is 0 Å². The molecular formula is C26H34N6O2. The van der Waals surface area contributed by atoms with Crippen LogP contribution in [0.3, 0.4) is 0 Å². The van der Waals surface area contributed by atoms with Gasteiger partial charge in [0.2, 0.25) is 0 Å². The highest BCUT2D eigenvalue weighted by Crippen LogP contribution is 2.59. The van der Waals surface area contributed by atoms with Crippen molar-refractivity contribution in [3.8, 4) is 5.95 Å². The number of hydrogen-bond donors (Lipinski definition) is 1. The van der Waals surface area contributed by atoms with Gasteiger partial charge in [0.1, 0.15) is 5.69 Å². The average Bonchev–Trinajstić information content (AvgIpc) is 3.47. The summed E-state index contributed by atoms with van der Waals surface area (Å²) >= 11 is 0. The van der Waals surface area contributed by atoms with Crippen LogP contribution in [0.25, 0.3) is 5.95 Å². The van der Waals surface area contributed by atoms with Gasteiger partial charge >= 0.3 is 0 Å². The molecule has 1 saturated heterocycles. The lowest BCUT2D eigenvalue weighted by Gasteiger charge is -2.56. The number of carbonyl (C=O) groups is 2. The summed E-state index contributed by atoms with van der Waals surface area (Å²) in [4.78, 5) is 36.8. The Morgan fingerprint density at radius 1 is 1.06 bits per heavy atom. The Morgan fingerprint density at radius 2 is 1.71 bits per heavy atom. The molecule has 0 aromatic carbocycles. The van der Waals surface area contributed by atoms with Crippen LogP contribution in [0.1, 0.15) is 83.5 Å². The summed E-state index contributed by atoms with van der Waals surface area (Å²) in [6.45, 7) is 5.99. The number of amides is 2. The fourth-order valence-corrected chi connectivity index (χ4v) is 7.48. The largest absolute Gasteiger partial charge is 0.351 e. The summed E-state index contributed by atoms with van der Waals surface area (Å²) < 4.78 is 1.52. The molecule has 180 valence electrons. The molecule has 1 N–H and O–H groups in total. The highest BCUT2D eigenvalue weighted by molar-refractivity contribution is 5.95. The highest BCUT2D eigenvalue weighted by atomic mass is 16.2. The van der Waals surface area contributed by atoms with Gasteiger partial charge < -0.3 is 10.2 Å². The van der Waals surface area contributed by atoms with Crippen molar-refractivity contribution in [1.82, 2.24) is 30.0 Å². The Kier molecular flexibility index (Phi) is 5.22. The van der Waals surface area contributed by atoms with Gasteiger partial charge in [-0.15, -0.1) is 0 Å². The van der Waals surface area contributed by atoms with Crippen molar-refractivity contribution in [1.29, 1.82) is 0 Å². The minimum Gasteiger partial charge on any atom is -0.351 e. The van der Waals surface area contributed by atoms with Crippen LogP contribution >= 0.6 is 0 Å². The van der Waals surface area contributed by atoms with Crippen LogP contribution in [-0.2, 0) is 0 Å². The van der Waals surface area contributed by atoms with Crippen molar-refractivity contribution in [3.63, 3.8) is 0 Å². The number of aromatic nitrogens is 4. The summed E-state index contributed by atoms with van der Waals surface area (Å²) in [6.07, 6.45) is 13.4. The number of rotatable bonds is 5. The zero-order chi connectivity index (χ0) is 23.4. The number of nitrogens with zero attached hydrogens (tertiary/aromatic N) is 5. The number of likely N-dealkylation sites (tertiary alicyclic amines) is 1. The lowest BCUT2D eigenvalue weighted by molar-refractivity contribution is -0.0503. The van der Waals surface area contributed by atoms with E-state index in [4.69, 9.17) is 0 Å². The van der Waals surface area contributed by atoms with E-state index in [2.05, 4.69) is 20.4 Å². The smallest absolute Gasteiger partial charge is 0.272 e. The molecule has 5 fully saturated rings. The fourth-order valence-electron chi connectivity index (χ4n) is 7.48. The van der Waals surface area contributed by atoms with Crippen LogP contribution in [0.5, 0.6) is 0 Å². The van der Waals surface area contributed by atoms with Crippen LogP contribution in [0.15, 0.2) is 12.4 Å². The summed E-state index contributed by atoms with van der Waals surface area (Å²) in [5.74, 6) is 2.77. The zero-order valence-corrected chi connectivity index (χ0v) is 20.2. The third kappa shape index (κ3) is 3.81. The molecular weight excluding hydrogens is 428 g/mol. The van der Waals surface area contributed by atoms with Crippen LogP contribution in [0.4, 0.5) is 0 Å². The van der Waals surface area contributed by atoms with Gasteiger partial charge in [-0.25, -0.2) is 14.6 Å². The van der Waals surface area contributed by atoms with E-state index in [1.807, 2.05) is 18.7 Å². The number of hydrogen-bond acceptors (Lipinski definition) is 5. The Labute approximate surface area is 200 Å². The van der Waals surface area contributed by atoms with Gasteiger partial charge in [0.05, 0.1) is 11.3 Å². The van der Waals surface area contributed by atoms with Crippen LogP contribution < -0.4 is 5.32 Å². The molecule has 0 unspecified atom stereocenters. The molecule has 2 amide bonds. The first-order valence-corrected chi connectivity index (χ1v) is 12.9. The van der Waals surface area contributed by atoms with Crippen molar-refractivity contribution in [3.05, 3.63) is 34.9 Å². The van der Waals surface area contributed by atoms with Crippen molar-refractivity contribution in [2.45, 2.75) is 65.2 Å². The molecule has 0 radical (unpaired) electrons. The van der Waals surface area contributed by atoms with Crippen molar-refractivity contribution >= 4 is 11.8 Å². The number of carbonyl (C=O) groups excluding carboxylic acids is 2. The first-order valence-electron chi connectivity index (χ1n) is 12.9. The van der Waals surface area contributed by atoms with Crippen LogP contribution in [-0.4, -0.2) is 56.1 Å². The van der Waals surface area contributed by atoms with E-state index in [1.54, 1.807) is 12.4 Å². The molecule has 2 aromatic heterocycles. The number of nitrogens with one attached hydrogen (secondary N) is 1. The summed E-state index contributed by atoms with van der Waals surface area (Å²) in [7, 11) is 0. The maximum absolute atomic E-state index is 13.1. The molecule has 5 aliphatic rings. The standard InChI is InChI=1S/C26H34N6O2/c1-16-13-27-25(29-22(16)24(34)31-5-3-4-6-31)32-14-21(17(2)30-32)23(33)28-15-26-10-18-7-19(11-26)9-20(8-18)12-26/h13-14,18-20H,3-12,15H2,1-2H3,(H,28,33). The lowest BCUT2D eigenvalue weighted by atomic mass is 9.49. The second-order valence-electron chi connectivity index (χ2n) is 11.4. The molecule has 3 heterocycles. The van der Waals surface area contributed by atoms with Crippen LogP contribution in [0, 0.1) is 37.0 Å². The second-order valence-corrected chi connectivity index (χ2v) is 11.4. The minimum absolute atomic E-state index is 0.0592. The summed E-state index contributed by atoms with van der Waals surface area (Å²) in [5.41, 5.74) is 2.63. The lowest BCUT2D eigenvalue weighted by Crippen LogP contribution is -2.51. The van der Waals surface area contributed by atoms with E-state index in [0.717, 1.165) is 55.8 Å². The van der Waals surface area contributed by atoms with E-state index in [1.165, 1.54) is 43.2 Å². The van der Waals surface area contributed by atoms with E-state index in [9.17, 15) is 9.59 Å². The zero-order valence-electron chi connectivity index (χ0n) is 20.2. The van der Waals surface area contributed by atoms with Gasteiger partial charge in [0.25, 0.3) is 17.8 Å². The highest BCUT2D eigenvalue weighted by Gasteiger charge is 2.50. The van der Waals surface area contributed by atoms with Gasteiger partial charge in [0, 0.05) is 32.0 Å². The third-order valence-electron chi connectivity index (χ3n) is 8.69. The topological polar surface area (TPSA) is 93.0 Å². The maximum atomic E-state index is 13.1. The van der Waals surface area contributed by atoms with Crippen molar-refractivity contribution < 1.29 is 9.59 Å². The van der Waals surface area contributed by atoms with E-state index < -0.39 is 0 Å². The van der Waals surface area contributed by atoms with Gasteiger partial charge in [-0.3, -0.25) is 9.59 Å².